The molecular weight excluding hydrogens is 240 g/mol. The summed E-state index contributed by atoms with van der Waals surface area (Å²) in [5.41, 5.74) is 6.85. The minimum atomic E-state index is -0.311. The highest BCUT2D eigenvalue weighted by atomic mass is 16.5. The van der Waals surface area contributed by atoms with Gasteiger partial charge >= 0.3 is 0 Å². The first-order valence-corrected chi connectivity index (χ1v) is 6.88. The highest BCUT2D eigenvalue weighted by Crippen LogP contribution is 2.33. The first-order chi connectivity index (χ1) is 9.09. The molecule has 2 rings (SSSR count). The molecule has 104 valence electrons. The van der Waals surface area contributed by atoms with Crippen molar-refractivity contribution in [3.8, 4) is 5.75 Å². The number of nitrogens with one attached hydrogen (secondary N) is 1. The van der Waals surface area contributed by atoms with Gasteiger partial charge in [-0.2, -0.15) is 0 Å². The molecule has 0 bridgehead atoms. The number of carbonyl (C=O) groups excluding carboxylic acids is 1. The molecule has 1 aliphatic heterocycles. The zero-order valence-electron chi connectivity index (χ0n) is 11.6. The third-order valence-corrected chi connectivity index (χ3v) is 4.04. The quantitative estimate of drug-likeness (QED) is 0.850. The molecule has 1 amide bonds. The molecule has 0 saturated heterocycles. The molecule has 0 aliphatic carbocycles. The molecule has 0 saturated carbocycles. The van der Waals surface area contributed by atoms with Gasteiger partial charge in [0, 0.05) is 17.6 Å². The molecule has 1 aromatic rings. The van der Waals surface area contributed by atoms with E-state index in [2.05, 4.69) is 5.32 Å². The largest absolute Gasteiger partial charge is 0.492 e. The average Bonchev–Trinajstić information content (AvgIpc) is 2.88. The van der Waals surface area contributed by atoms with Crippen LogP contribution in [-0.4, -0.2) is 24.6 Å². The number of benzene rings is 1. The van der Waals surface area contributed by atoms with Gasteiger partial charge in [0.25, 0.3) is 0 Å². The Bertz CT molecular complexity index is 455. The third kappa shape index (κ3) is 2.89. The number of hydrogen-bond acceptors (Lipinski definition) is 3. The van der Waals surface area contributed by atoms with Crippen LogP contribution in [0.25, 0.3) is 0 Å². The molecule has 19 heavy (non-hydrogen) atoms. The van der Waals surface area contributed by atoms with E-state index in [0.717, 1.165) is 24.2 Å². The molecule has 0 radical (unpaired) electrons. The molecule has 0 spiro atoms. The third-order valence-electron chi connectivity index (χ3n) is 4.04. The molecule has 3 N–H and O–H groups in total. The van der Waals surface area contributed by atoms with Crippen LogP contribution in [0.4, 0.5) is 0 Å². The second kappa shape index (κ2) is 5.61. The summed E-state index contributed by atoms with van der Waals surface area (Å²) in [6, 6.07) is 7.69. The second-order valence-corrected chi connectivity index (χ2v) is 5.19. The molecular formula is C15H22N2O2. The fourth-order valence-corrected chi connectivity index (χ4v) is 2.27. The van der Waals surface area contributed by atoms with Gasteiger partial charge in [-0.1, -0.05) is 32.0 Å². The molecule has 1 heterocycles. The lowest BCUT2D eigenvalue weighted by Crippen LogP contribution is -2.50. The van der Waals surface area contributed by atoms with Crippen LogP contribution >= 0.6 is 0 Å². The summed E-state index contributed by atoms with van der Waals surface area (Å²) in [6.07, 6.45) is 1.70. The van der Waals surface area contributed by atoms with Crippen molar-refractivity contribution in [2.75, 3.05) is 13.2 Å². The lowest BCUT2D eigenvalue weighted by atomic mass is 9.93. The lowest BCUT2D eigenvalue weighted by Gasteiger charge is -2.27. The number of rotatable bonds is 5. The van der Waals surface area contributed by atoms with Crippen LogP contribution in [-0.2, 0) is 4.79 Å². The molecule has 1 aromatic carbocycles. The van der Waals surface area contributed by atoms with Crippen molar-refractivity contribution in [2.24, 2.45) is 5.73 Å². The Kier molecular flexibility index (Phi) is 4.10. The Morgan fingerprint density at radius 1 is 1.42 bits per heavy atom. The minimum absolute atomic E-state index is 0.00155. The second-order valence-electron chi connectivity index (χ2n) is 5.19. The summed E-state index contributed by atoms with van der Waals surface area (Å²) in [7, 11) is 0. The molecule has 0 aromatic heterocycles. The number of amides is 1. The van der Waals surface area contributed by atoms with Crippen LogP contribution in [0.3, 0.4) is 0 Å². The maximum Gasteiger partial charge on any atom is 0.231 e. The van der Waals surface area contributed by atoms with Gasteiger partial charge in [-0.05, 0) is 18.9 Å². The van der Waals surface area contributed by atoms with Crippen molar-refractivity contribution in [2.45, 2.75) is 38.1 Å². The van der Waals surface area contributed by atoms with Crippen molar-refractivity contribution in [3.05, 3.63) is 29.8 Å². The Labute approximate surface area is 114 Å². The first kappa shape index (κ1) is 13.9. The van der Waals surface area contributed by atoms with Crippen LogP contribution in [0.1, 0.15) is 38.2 Å². The van der Waals surface area contributed by atoms with E-state index in [9.17, 15) is 4.79 Å². The van der Waals surface area contributed by atoms with Crippen molar-refractivity contribution in [1.82, 2.24) is 5.32 Å². The van der Waals surface area contributed by atoms with E-state index >= 15 is 0 Å². The van der Waals surface area contributed by atoms with Crippen molar-refractivity contribution in [1.29, 1.82) is 0 Å². The van der Waals surface area contributed by atoms with Gasteiger partial charge in [0.1, 0.15) is 18.3 Å². The summed E-state index contributed by atoms with van der Waals surface area (Å²) in [5, 5.41) is 2.96. The maximum atomic E-state index is 12.2. The van der Waals surface area contributed by atoms with Crippen LogP contribution in [0, 0.1) is 0 Å². The van der Waals surface area contributed by atoms with Gasteiger partial charge in [-0.3, -0.25) is 4.79 Å². The van der Waals surface area contributed by atoms with Crippen LogP contribution in [0.15, 0.2) is 24.3 Å². The van der Waals surface area contributed by atoms with E-state index in [-0.39, 0.29) is 17.4 Å². The Morgan fingerprint density at radius 2 is 2.11 bits per heavy atom. The Hall–Kier alpha value is -1.55. The summed E-state index contributed by atoms with van der Waals surface area (Å²) in [4.78, 5) is 12.2. The predicted octanol–water partition coefficient (Wildman–Crippen LogP) is 1.80. The molecule has 4 heteroatoms. The van der Waals surface area contributed by atoms with E-state index < -0.39 is 0 Å². The van der Waals surface area contributed by atoms with E-state index in [4.69, 9.17) is 10.5 Å². The standard InChI is InChI=1S/C15H22N2O2/c1-3-15(16,4-2)10-17-14(18)12-9-19-13-8-6-5-7-11(12)13/h5-8,12H,3-4,9-10,16H2,1-2H3,(H,17,18). The van der Waals surface area contributed by atoms with Crippen LogP contribution < -0.4 is 15.8 Å². The Morgan fingerprint density at radius 3 is 2.79 bits per heavy atom. The van der Waals surface area contributed by atoms with Crippen LogP contribution in [0.2, 0.25) is 0 Å². The predicted molar refractivity (Wildman–Crippen MR) is 75.2 cm³/mol. The van der Waals surface area contributed by atoms with Gasteiger partial charge in [0.15, 0.2) is 0 Å². The van der Waals surface area contributed by atoms with E-state index in [0.29, 0.717) is 13.2 Å². The average molecular weight is 262 g/mol. The Balaban J connectivity index is 1.99. The zero-order chi connectivity index (χ0) is 13.9. The molecule has 4 nitrogen and oxygen atoms in total. The first-order valence-electron chi connectivity index (χ1n) is 6.88. The number of nitrogens with two attached hydrogens (primary N) is 1. The zero-order valence-corrected chi connectivity index (χ0v) is 11.6. The van der Waals surface area contributed by atoms with Crippen molar-refractivity contribution < 1.29 is 9.53 Å². The molecule has 1 unspecified atom stereocenters. The van der Waals surface area contributed by atoms with Gasteiger partial charge in [-0.15, -0.1) is 0 Å². The summed E-state index contributed by atoms with van der Waals surface area (Å²) in [6.45, 7) is 5.02. The van der Waals surface area contributed by atoms with Crippen molar-refractivity contribution >= 4 is 5.91 Å². The normalized spacial score (nSPS) is 17.7. The van der Waals surface area contributed by atoms with E-state index in [1.165, 1.54) is 0 Å². The van der Waals surface area contributed by atoms with Gasteiger partial charge < -0.3 is 15.8 Å². The lowest BCUT2D eigenvalue weighted by molar-refractivity contribution is -0.123. The number of ether oxygens (including phenoxy) is 1. The summed E-state index contributed by atoms with van der Waals surface area (Å²) >= 11 is 0. The number of para-hydroxylation sites is 1. The van der Waals surface area contributed by atoms with Gasteiger partial charge in [0.2, 0.25) is 5.91 Å². The maximum absolute atomic E-state index is 12.2. The topological polar surface area (TPSA) is 64.3 Å². The number of fused-ring (bicyclic) bond motifs is 1. The fourth-order valence-electron chi connectivity index (χ4n) is 2.27. The smallest absolute Gasteiger partial charge is 0.231 e. The van der Waals surface area contributed by atoms with E-state index in [1.807, 2.05) is 38.1 Å². The van der Waals surface area contributed by atoms with Gasteiger partial charge in [0.05, 0.1) is 0 Å². The molecule has 1 aliphatic rings. The van der Waals surface area contributed by atoms with Crippen molar-refractivity contribution in [3.63, 3.8) is 0 Å². The highest BCUT2D eigenvalue weighted by molar-refractivity contribution is 5.85. The SMILES string of the molecule is CCC(N)(CC)CNC(=O)C1COc2ccccc21. The molecule has 0 fully saturated rings. The highest BCUT2D eigenvalue weighted by Gasteiger charge is 2.31. The number of hydrogen-bond donors (Lipinski definition) is 2. The summed E-state index contributed by atoms with van der Waals surface area (Å²) in [5.74, 6) is 0.600. The monoisotopic (exact) mass is 262 g/mol. The molecule has 1 atom stereocenters. The fraction of sp³-hybridized carbons (Fsp3) is 0.533. The van der Waals surface area contributed by atoms with Crippen LogP contribution in [0.5, 0.6) is 5.75 Å². The van der Waals surface area contributed by atoms with Gasteiger partial charge in [-0.25, -0.2) is 0 Å². The minimum Gasteiger partial charge on any atom is -0.492 e. The van der Waals surface area contributed by atoms with E-state index in [1.54, 1.807) is 0 Å². The summed E-state index contributed by atoms with van der Waals surface area (Å²) < 4.78 is 5.52. The number of carbonyl (C=O) groups is 1.